The van der Waals surface area contributed by atoms with Gasteiger partial charge in [-0.3, -0.25) is 4.79 Å². The third-order valence-corrected chi connectivity index (χ3v) is 5.21. The first-order valence-electron chi connectivity index (χ1n) is 6.55. The summed E-state index contributed by atoms with van der Waals surface area (Å²) in [7, 11) is 0. The summed E-state index contributed by atoms with van der Waals surface area (Å²) in [6.07, 6.45) is 5.14. The van der Waals surface area contributed by atoms with Gasteiger partial charge in [0, 0.05) is 15.5 Å². The first-order chi connectivity index (χ1) is 9.09. The Bertz CT molecular complexity index is 450. The van der Waals surface area contributed by atoms with Crippen LogP contribution in [-0.4, -0.2) is 12.5 Å². The predicted molar refractivity (Wildman–Crippen MR) is 85.0 cm³/mol. The maximum atomic E-state index is 12.6. The molecule has 3 nitrogen and oxygen atoms in total. The van der Waals surface area contributed by atoms with Crippen molar-refractivity contribution >= 4 is 43.5 Å². The summed E-state index contributed by atoms with van der Waals surface area (Å²) < 4.78 is 1.75. The second-order valence-electron chi connectivity index (χ2n) is 5.10. The molecule has 104 valence electrons. The van der Waals surface area contributed by atoms with E-state index in [0.717, 1.165) is 40.3 Å². The lowest BCUT2D eigenvalue weighted by atomic mass is 9.73. The number of amides is 1. The van der Waals surface area contributed by atoms with Crippen molar-refractivity contribution in [3.8, 4) is 0 Å². The number of anilines is 1. The molecule has 1 fully saturated rings. The van der Waals surface area contributed by atoms with Crippen molar-refractivity contribution in [3.63, 3.8) is 0 Å². The highest BCUT2D eigenvalue weighted by atomic mass is 79.9. The highest BCUT2D eigenvalue weighted by molar-refractivity contribution is 9.11. The molecule has 5 heteroatoms. The molecule has 1 aromatic rings. The molecule has 0 heterocycles. The molecule has 1 aromatic carbocycles. The highest BCUT2D eigenvalue weighted by Crippen LogP contribution is 2.38. The Morgan fingerprint density at radius 3 is 2.32 bits per heavy atom. The van der Waals surface area contributed by atoms with Crippen LogP contribution >= 0.6 is 31.9 Å². The summed E-state index contributed by atoms with van der Waals surface area (Å²) in [4.78, 5) is 12.6. The van der Waals surface area contributed by atoms with E-state index in [0.29, 0.717) is 6.54 Å². The van der Waals surface area contributed by atoms with Gasteiger partial charge < -0.3 is 11.1 Å². The van der Waals surface area contributed by atoms with Crippen LogP contribution in [0.2, 0.25) is 0 Å². The SMILES string of the molecule is NCC1(C(=O)Nc2c(Br)cccc2Br)CCCCC1. The fourth-order valence-electron chi connectivity index (χ4n) is 2.62. The van der Waals surface area contributed by atoms with Gasteiger partial charge in [-0.15, -0.1) is 0 Å². The number of halogens is 2. The van der Waals surface area contributed by atoms with Crippen molar-refractivity contribution in [1.29, 1.82) is 0 Å². The Labute approximate surface area is 130 Å². The number of nitrogens with two attached hydrogens (primary N) is 1. The van der Waals surface area contributed by atoms with Crippen LogP contribution < -0.4 is 11.1 Å². The smallest absolute Gasteiger partial charge is 0.231 e. The highest BCUT2D eigenvalue weighted by Gasteiger charge is 2.38. The zero-order chi connectivity index (χ0) is 13.9. The monoisotopic (exact) mass is 388 g/mol. The summed E-state index contributed by atoms with van der Waals surface area (Å²) in [6.45, 7) is 0.418. The van der Waals surface area contributed by atoms with Crippen LogP contribution in [0.3, 0.4) is 0 Å². The number of benzene rings is 1. The number of rotatable bonds is 3. The normalized spacial score (nSPS) is 18.1. The Hall–Kier alpha value is -0.390. The molecular weight excluding hydrogens is 372 g/mol. The number of para-hydroxylation sites is 1. The fourth-order valence-corrected chi connectivity index (χ4v) is 3.81. The first-order valence-corrected chi connectivity index (χ1v) is 8.13. The topological polar surface area (TPSA) is 55.1 Å². The van der Waals surface area contributed by atoms with Gasteiger partial charge in [0.1, 0.15) is 0 Å². The standard InChI is InChI=1S/C14H18Br2N2O/c15-10-5-4-6-11(16)12(10)18-13(19)14(9-17)7-2-1-3-8-14/h4-6H,1-3,7-9,17H2,(H,18,19). The molecule has 0 atom stereocenters. The minimum atomic E-state index is -0.396. The summed E-state index contributed by atoms with van der Waals surface area (Å²) in [5.41, 5.74) is 6.27. The van der Waals surface area contributed by atoms with Crippen LogP contribution in [0.25, 0.3) is 0 Å². The number of carbonyl (C=O) groups is 1. The third kappa shape index (κ3) is 3.20. The molecule has 0 aromatic heterocycles. The van der Waals surface area contributed by atoms with E-state index < -0.39 is 5.41 Å². The van der Waals surface area contributed by atoms with Crippen LogP contribution in [0.1, 0.15) is 32.1 Å². The number of hydrogen-bond acceptors (Lipinski definition) is 2. The van der Waals surface area contributed by atoms with Gasteiger partial charge in [-0.1, -0.05) is 25.3 Å². The van der Waals surface area contributed by atoms with Crippen LogP contribution in [0.5, 0.6) is 0 Å². The van der Waals surface area contributed by atoms with Gasteiger partial charge in [-0.05, 0) is 56.8 Å². The molecule has 19 heavy (non-hydrogen) atoms. The lowest BCUT2D eigenvalue weighted by Crippen LogP contribution is -2.43. The Morgan fingerprint density at radius 1 is 1.21 bits per heavy atom. The van der Waals surface area contributed by atoms with Gasteiger partial charge in [0.2, 0.25) is 5.91 Å². The van der Waals surface area contributed by atoms with E-state index in [4.69, 9.17) is 5.73 Å². The van der Waals surface area contributed by atoms with E-state index in [1.165, 1.54) is 6.42 Å². The second-order valence-corrected chi connectivity index (χ2v) is 6.80. The van der Waals surface area contributed by atoms with Crippen LogP contribution in [-0.2, 0) is 4.79 Å². The first kappa shape index (κ1) is 15.0. The van der Waals surface area contributed by atoms with E-state index in [1.54, 1.807) is 0 Å². The zero-order valence-electron chi connectivity index (χ0n) is 10.7. The number of nitrogens with one attached hydrogen (secondary N) is 1. The Kier molecular flexibility index (Phi) is 5.03. The fraction of sp³-hybridized carbons (Fsp3) is 0.500. The minimum Gasteiger partial charge on any atom is -0.329 e. The molecule has 0 saturated heterocycles. The van der Waals surface area contributed by atoms with E-state index in [2.05, 4.69) is 37.2 Å². The summed E-state index contributed by atoms with van der Waals surface area (Å²) >= 11 is 6.93. The van der Waals surface area contributed by atoms with Gasteiger partial charge in [0.05, 0.1) is 11.1 Å². The summed E-state index contributed by atoms with van der Waals surface area (Å²) in [5, 5.41) is 3.03. The van der Waals surface area contributed by atoms with Crippen molar-refractivity contribution in [2.24, 2.45) is 11.1 Å². The maximum Gasteiger partial charge on any atom is 0.231 e. The molecule has 0 radical (unpaired) electrons. The molecule has 0 unspecified atom stereocenters. The molecule has 0 aliphatic heterocycles. The molecule has 1 aliphatic rings. The Morgan fingerprint density at radius 2 is 1.79 bits per heavy atom. The van der Waals surface area contributed by atoms with Crippen LogP contribution in [0.15, 0.2) is 27.1 Å². The second kappa shape index (κ2) is 6.37. The lowest BCUT2D eigenvalue weighted by molar-refractivity contribution is -0.126. The van der Waals surface area contributed by atoms with Crippen LogP contribution in [0.4, 0.5) is 5.69 Å². The van der Waals surface area contributed by atoms with Gasteiger partial charge >= 0.3 is 0 Å². The van der Waals surface area contributed by atoms with Crippen molar-refractivity contribution in [2.75, 3.05) is 11.9 Å². The molecule has 3 N–H and O–H groups in total. The quantitative estimate of drug-likeness (QED) is 0.818. The van der Waals surface area contributed by atoms with Crippen molar-refractivity contribution in [3.05, 3.63) is 27.1 Å². The predicted octanol–water partition coefficient (Wildman–Crippen LogP) is 4.06. The average molecular weight is 390 g/mol. The third-order valence-electron chi connectivity index (χ3n) is 3.88. The van der Waals surface area contributed by atoms with E-state index in [-0.39, 0.29) is 5.91 Å². The van der Waals surface area contributed by atoms with E-state index >= 15 is 0 Å². The number of carbonyl (C=O) groups excluding carboxylic acids is 1. The van der Waals surface area contributed by atoms with Crippen LogP contribution in [0, 0.1) is 5.41 Å². The molecule has 1 amide bonds. The van der Waals surface area contributed by atoms with E-state index in [1.807, 2.05) is 18.2 Å². The largest absolute Gasteiger partial charge is 0.329 e. The van der Waals surface area contributed by atoms with Crippen molar-refractivity contribution in [2.45, 2.75) is 32.1 Å². The van der Waals surface area contributed by atoms with Gasteiger partial charge in [-0.2, -0.15) is 0 Å². The van der Waals surface area contributed by atoms with Crippen molar-refractivity contribution in [1.82, 2.24) is 0 Å². The molecule has 1 saturated carbocycles. The summed E-state index contributed by atoms with van der Waals surface area (Å²) in [6, 6.07) is 5.75. The number of hydrogen-bond donors (Lipinski definition) is 2. The van der Waals surface area contributed by atoms with Gasteiger partial charge in [-0.25, -0.2) is 0 Å². The zero-order valence-corrected chi connectivity index (χ0v) is 13.9. The van der Waals surface area contributed by atoms with Crippen molar-refractivity contribution < 1.29 is 4.79 Å². The molecule has 2 rings (SSSR count). The van der Waals surface area contributed by atoms with Gasteiger partial charge in [0.15, 0.2) is 0 Å². The van der Waals surface area contributed by atoms with E-state index in [9.17, 15) is 4.79 Å². The molecule has 0 bridgehead atoms. The minimum absolute atomic E-state index is 0.0438. The molecule has 0 spiro atoms. The maximum absolute atomic E-state index is 12.6. The lowest BCUT2D eigenvalue weighted by Gasteiger charge is -2.34. The summed E-state index contributed by atoms with van der Waals surface area (Å²) in [5.74, 6) is 0.0438. The molecule has 1 aliphatic carbocycles. The molecular formula is C14H18Br2N2O. The average Bonchev–Trinajstić information content (AvgIpc) is 2.43. The van der Waals surface area contributed by atoms with Gasteiger partial charge in [0.25, 0.3) is 0 Å². The Balaban J connectivity index is 2.20.